The summed E-state index contributed by atoms with van der Waals surface area (Å²) in [5.74, 6) is 0.319. The average molecular weight is 439 g/mol. The molecule has 0 aliphatic carbocycles. The highest BCUT2D eigenvalue weighted by Gasteiger charge is 2.39. The number of hydrogen-bond acceptors (Lipinski definition) is 5. The van der Waals surface area contributed by atoms with Crippen LogP contribution in [0.1, 0.15) is 64.4 Å². The Morgan fingerprint density at radius 3 is 2.55 bits per heavy atom. The van der Waals surface area contributed by atoms with Gasteiger partial charge in [0.1, 0.15) is 5.76 Å². The van der Waals surface area contributed by atoms with Crippen LogP contribution in [-0.2, 0) is 20.9 Å². The number of carbonyl (C=O) groups excluding carboxylic acids is 2. The first kappa shape index (κ1) is 23.8. The van der Waals surface area contributed by atoms with Crippen LogP contribution in [0.5, 0.6) is 0 Å². The highest BCUT2D eigenvalue weighted by molar-refractivity contribution is 8.15. The summed E-state index contributed by atoms with van der Waals surface area (Å²) >= 11 is 7.15. The van der Waals surface area contributed by atoms with Crippen molar-refractivity contribution in [2.75, 3.05) is 6.61 Å². The molecular weight excluding hydrogens is 408 g/mol. The molecule has 0 fully saturated rings. The van der Waals surface area contributed by atoms with Crippen LogP contribution >= 0.6 is 23.4 Å². The van der Waals surface area contributed by atoms with Gasteiger partial charge in [0.2, 0.25) is 5.12 Å². The molecule has 1 aromatic carbocycles. The molecule has 1 amide bonds. The second-order valence-electron chi connectivity index (χ2n) is 7.50. The molecule has 7 heteroatoms. The Morgan fingerprint density at radius 2 is 1.83 bits per heavy atom. The van der Waals surface area contributed by atoms with Crippen molar-refractivity contribution >= 4 is 34.4 Å². The van der Waals surface area contributed by atoms with E-state index in [2.05, 4.69) is 17.8 Å². The summed E-state index contributed by atoms with van der Waals surface area (Å²) in [4.78, 5) is 24.0. The van der Waals surface area contributed by atoms with Crippen molar-refractivity contribution in [2.24, 2.45) is 0 Å². The SMILES string of the molecule is CCCCCCCCC1(C)SC(=O)C=C1OCC(=O)NNCc1ccc(Cl)cc1. The zero-order chi connectivity index (χ0) is 21.1. The fraction of sp³-hybridized carbons (Fsp3) is 0.545. The van der Waals surface area contributed by atoms with Gasteiger partial charge in [-0.2, -0.15) is 0 Å². The van der Waals surface area contributed by atoms with E-state index < -0.39 is 0 Å². The van der Waals surface area contributed by atoms with Crippen LogP contribution in [-0.4, -0.2) is 22.4 Å². The first-order valence-corrected chi connectivity index (χ1v) is 11.5. The molecule has 0 bridgehead atoms. The van der Waals surface area contributed by atoms with Gasteiger partial charge < -0.3 is 4.74 Å². The second kappa shape index (κ2) is 12.3. The number of nitrogens with one attached hydrogen (secondary N) is 2. The molecule has 160 valence electrons. The summed E-state index contributed by atoms with van der Waals surface area (Å²) in [6, 6.07) is 7.38. The maximum absolute atomic E-state index is 12.1. The first-order valence-electron chi connectivity index (χ1n) is 10.3. The molecular formula is C22H31ClN2O3S. The smallest absolute Gasteiger partial charge is 0.271 e. The number of benzene rings is 1. The molecule has 29 heavy (non-hydrogen) atoms. The molecule has 1 heterocycles. The molecule has 0 aromatic heterocycles. The van der Waals surface area contributed by atoms with E-state index in [1.165, 1.54) is 43.5 Å². The van der Waals surface area contributed by atoms with E-state index in [1.807, 2.05) is 19.1 Å². The summed E-state index contributed by atoms with van der Waals surface area (Å²) in [5, 5.41) is 0.669. The lowest BCUT2D eigenvalue weighted by Gasteiger charge is -2.26. The predicted molar refractivity (Wildman–Crippen MR) is 119 cm³/mol. The van der Waals surface area contributed by atoms with Crippen LogP contribution in [0.25, 0.3) is 0 Å². The number of rotatable bonds is 13. The van der Waals surface area contributed by atoms with Crippen molar-refractivity contribution in [1.82, 2.24) is 10.9 Å². The monoisotopic (exact) mass is 438 g/mol. The zero-order valence-electron chi connectivity index (χ0n) is 17.3. The van der Waals surface area contributed by atoms with E-state index in [9.17, 15) is 9.59 Å². The number of hydrazine groups is 1. The Labute approximate surface area is 183 Å². The van der Waals surface area contributed by atoms with Crippen molar-refractivity contribution in [3.63, 3.8) is 0 Å². The van der Waals surface area contributed by atoms with Crippen LogP contribution in [0.3, 0.4) is 0 Å². The molecule has 1 aliphatic heterocycles. The van der Waals surface area contributed by atoms with Crippen molar-refractivity contribution in [1.29, 1.82) is 0 Å². The summed E-state index contributed by atoms with van der Waals surface area (Å²) < 4.78 is 5.34. The average Bonchev–Trinajstić information content (AvgIpc) is 2.98. The number of unbranched alkanes of at least 4 members (excludes halogenated alkanes) is 5. The van der Waals surface area contributed by atoms with Crippen molar-refractivity contribution in [3.05, 3.63) is 46.7 Å². The van der Waals surface area contributed by atoms with Crippen molar-refractivity contribution in [3.8, 4) is 0 Å². The normalized spacial score (nSPS) is 18.6. The molecule has 0 spiro atoms. The molecule has 2 N–H and O–H groups in total. The number of halogens is 1. The summed E-state index contributed by atoms with van der Waals surface area (Å²) in [7, 11) is 0. The van der Waals surface area contributed by atoms with E-state index in [-0.39, 0.29) is 22.4 Å². The van der Waals surface area contributed by atoms with Crippen LogP contribution < -0.4 is 10.9 Å². The fourth-order valence-electron chi connectivity index (χ4n) is 3.20. The van der Waals surface area contributed by atoms with Gasteiger partial charge >= 0.3 is 0 Å². The van der Waals surface area contributed by atoms with Gasteiger partial charge in [0.15, 0.2) is 6.61 Å². The first-order chi connectivity index (χ1) is 13.9. The van der Waals surface area contributed by atoms with E-state index >= 15 is 0 Å². The lowest BCUT2D eigenvalue weighted by molar-refractivity contribution is -0.125. The lowest BCUT2D eigenvalue weighted by Crippen LogP contribution is -2.39. The third-order valence-electron chi connectivity index (χ3n) is 4.90. The van der Waals surface area contributed by atoms with Crippen LogP contribution in [0, 0.1) is 0 Å². The van der Waals surface area contributed by atoms with Crippen molar-refractivity contribution < 1.29 is 14.3 Å². The van der Waals surface area contributed by atoms with Gasteiger partial charge in [0, 0.05) is 17.6 Å². The minimum absolute atomic E-state index is 0.00486. The second-order valence-corrected chi connectivity index (χ2v) is 9.44. The quantitative estimate of drug-likeness (QED) is 0.329. The maximum Gasteiger partial charge on any atom is 0.271 e. The Balaban J connectivity index is 1.70. The van der Waals surface area contributed by atoms with Crippen LogP contribution in [0.15, 0.2) is 36.1 Å². The molecule has 1 unspecified atom stereocenters. The van der Waals surface area contributed by atoms with Crippen LogP contribution in [0.2, 0.25) is 5.02 Å². The van der Waals surface area contributed by atoms with Gasteiger partial charge in [0.25, 0.3) is 5.91 Å². The van der Waals surface area contributed by atoms with Gasteiger partial charge in [-0.15, -0.1) is 0 Å². The third kappa shape index (κ3) is 8.41. The molecule has 5 nitrogen and oxygen atoms in total. The minimum Gasteiger partial charge on any atom is -0.486 e. The van der Waals surface area contributed by atoms with Crippen LogP contribution in [0.4, 0.5) is 0 Å². The predicted octanol–water partition coefficient (Wildman–Crippen LogP) is 5.14. The van der Waals surface area contributed by atoms with E-state index in [1.54, 1.807) is 12.1 Å². The standard InChI is InChI=1S/C22H31ClN2O3S/c1-3-4-5-6-7-8-13-22(2)19(14-21(27)29-22)28-16-20(26)25-24-15-17-9-11-18(23)12-10-17/h9-12,14,24H,3-8,13,15-16H2,1-2H3,(H,25,26). The molecule has 0 radical (unpaired) electrons. The van der Waals surface area contributed by atoms with Gasteiger partial charge in [-0.25, -0.2) is 5.43 Å². The van der Waals surface area contributed by atoms with E-state index in [0.29, 0.717) is 17.3 Å². The third-order valence-corrected chi connectivity index (χ3v) is 6.32. The molecule has 1 atom stereocenters. The Hall–Kier alpha value is -1.50. The topological polar surface area (TPSA) is 67.4 Å². The number of amides is 1. The van der Waals surface area contributed by atoms with Gasteiger partial charge in [-0.1, -0.05) is 80.9 Å². The van der Waals surface area contributed by atoms with Crippen molar-refractivity contribution in [2.45, 2.75) is 70.1 Å². The lowest BCUT2D eigenvalue weighted by atomic mass is 9.99. The fourth-order valence-corrected chi connectivity index (χ4v) is 4.40. The Kier molecular flexibility index (Phi) is 10.0. The largest absolute Gasteiger partial charge is 0.486 e. The summed E-state index contributed by atoms with van der Waals surface area (Å²) in [6.07, 6.45) is 9.61. The molecule has 1 aromatic rings. The summed E-state index contributed by atoms with van der Waals surface area (Å²) in [5.41, 5.74) is 6.49. The summed E-state index contributed by atoms with van der Waals surface area (Å²) in [6.45, 7) is 4.59. The van der Waals surface area contributed by atoms with Gasteiger partial charge in [-0.3, -0.25) is 15.0 Å². The van der Waals surface area contributed by atoms with Gasteiger partial charge in [-0.05, 0) is 31.0 Å². The molecule has 2 rings (SSSR count). The minimum atomic E-state index is -0.376. The highest BCUT2D eigenvalue weighted by Crippen LogP contribution is 2.43. The number of carbonyl (C=O) groups is 2. The molecule has 0 saturated carbocycles. The Bertz CT molecular complexity index is 709. The van der Waals surface area contributed by atoms with E-state index in [0.717, 1.165) is 24.8 Å². The molecule has 1 aliphatic rings. The number of ether oxygens (including phenoxy) is 1. The number of thioether (sulfide) groups is 1. The van der Waals surface area contributed by atoms with E-state index in [4.69, 9.17) is 16.3 Å². The maximum atomic E-state index is 12.1. The number of hydrogen-bond donors (Lipinski definition) is 2. The van der Waals surface area contributed by atoms with Gasteiger partial charge in [0.05, 0.1) is 4.75 Å². The Morgan fingerprint density at radius 1 is 1.14 bits per heavy atom. The zero-order valence-corrected chi connectivity index (χ0v) is 18.8. The molecule has 0 saturated heterocycles. The highest BCUT2D eigenvalue weighted by atomic mass is 35.5.